The van der Waals surface area contributed by atoms with Crippen molar-refractivity contribution in [2.75, 3.05) is 13.1 Å². The first-order chi connectivity index (χ1) is 12.2. The third-order valence-corrected chi connectivity index (χ3v) is 5.38. The van der Waals surface area contributed by atoms with Crippen molar-refractivity contribution in [2.24, 2.45) is 0 Å². The number of Topliss-reactive ketones (excluding diaryl/α,β-unsaturated/α-hetero) is 1. The number of fused-ring (bicyclic) bond motifs is 1. The van der Waals surface area contributed by atoms with E-state index in [2.05, 4.69) is 22.8 Å². The lowest BCUT2D eigenvalue weighted by Crippen LogP contribution is -2.49. The van der Waals surface area contributed by atoms with Crippen LogP contribution in [-0.4, -0.2) is 30.8 Å². The molecule has 0 radical (unpaired) electrons. The largest absolute Gasteiger partial charge is 0.352 e. The molecule has 1 amide bonds. The van der Waals surface area contributed by atoms with Crippen LogP contribution in [-0.2, 0) is 4.79 Å². The highest BCUT2D eigenvalue weighted by molar-refractivity contribution is 6.06. The Bertz CT molecular complexity index is 787. The van der Waals surface area contributed by atoms with E-state index in [1.54, 1.807) is 0 Å². The molecule has 0 saturated carbocycles. The SMILES string of the molecule is O=C1CC(C(=O)NC2CCNCC2c2ccccc2)c2ccccc21. The number of piperidine rings is 1. The molecule has 4 heteroatoms. The molecule has 3 unspecified atom stereocenters. The average Bonchev–Trinajstić information content (AvgIpc) is 3.00. The second-order valence-corrected chi connectivity index (χ2v) is 6.89. The van der Waals surface area contributed by atoms with Gasteiger partial charge < -0.3 is 10.6 Å². The summed E-state index contributed by atoms with van der Waals surface area (Å²) in [6, 6.07) is 17.9. The molecule has 0 aromatic heterocycles. The van der Waals surface area contributed by atoms with Gasteiger partial charge in [-0.15, -0.1) is 0 Å². The van der Waals surface area contributed by atoms with E-state index in [0.29, 0.717) is 5.56 Å². The first-order valence-corrected chi connectivity index (χ1v) is 8.92. The van der Waals surface area contributed by atoms with E-state index < -0.39 is 0 Å². The normalized spacial score (nSPS) is 25.4. The highest BCUT2D eigenvalue weighted by Crippen LogP contribution is 2.34. The molecule has 4 nitrogen and oxygen atoms in total. The van der Waals surface area contributed by atoms with Crippen LogP contribution in [0.4, 0.5) is 0 Å². The number of nitrogens with one attached hydrogen (secondary N) is 2. The van der Waals surface area contributed by atoms with Crippen molar-refractivity contribution in [1.82, 2.24) is 10.6 Å². The van der Waals surface area contributed by atoms with Gasteiger partial charge in [0.1, 0.15) is 0 Å². The molecule has 1 aliphatic carbocycles. The predicted octanol–water partition coefficient (Wildman–Crippen LogP) is 2.62. The summed E-state index contributed by atoms with van der Waals surface area (Å²) >= 11 is 0. The van der Waals surface area contributed by atoms with Gasteiger partial charge in [0.15, 0.2) is 5.78 Å². The summed E-state index contributed by atoms with van der Waals surface area (Å²) in [5.41, 5.74) is 2.81. The summed E-state index contributed by atoms with van der Waals surface area (Å²) < 4.78 is 0. The molecular formula is C21H22N2O2. The van der Waals surface area contributed by atoms with Gasteiger partial charge in [0.2, 0.25) is 5.91 Å². The summed E-state index contributed by atoms with van der Waals surface area (Å²) in [5.74, 6) is -0.0481. The molecule has 25 heavy (non-hydrogen) atoms. The Hall–Kier alpha value is -2.46. The van der Waals surface area contributed by atoms with Crippen molar-refractivity contribution >= 4 is 11.7 Å². The van der Waals surface area contributed by atoms with E-state index in [9.17, 15) is 9.59 Å². The number of carbonyl (C=O) groups excluding carboxylic acids is 2. The van der Waals surface area contributed by atoms with Gasteiger partial charge in [0.25, 0.3) is 0 Å². The molecule has 4 rings (SSSR count). The van der Waals surface area contributed by atoms with E-state index in [1.165, 1.54) is 5.56 Å². The maximum absolute atomic E-state index is 12.9. The topological polar surface area (TPSA) is 58.2 Å². The molecule has 1 heterocycles. The Morgan fingerprint density at radius 1 is 1.04 bits per heavy atom. The molecule has 2 aromatic rings. The zero-order valence-corrected chi connectivity index (χ0v) is 14.1. The van der Waals surface area contributed by atoms with Crippen molar-refractivity contribution in [3.63, 3.8) is 0 Å². The number of carbonyl (C=O) groups is 2. The first-order valence-electron chi connectivity index (χ1n) is 8.92. The third-order valence-electron chi connectivity index (χ3n) is 5.38. The van der Waals surface area contributed by atoms with Crippen LogP contribution < -0.4 is 10.6 Å². The number of hydrogen-bond donors (Lipinski definition) is 2. The Morgan fingerprint density at radius 3 is 2.64 bits per heavy atom. The molecule has 2 aromatic carbocycles. The quantitative estimate of drug-likeness (QED) is 0.907. The van der Waals surface area contributed by atoms with Crippen molar-refractivity contribution < 1.29 is 9.59 Å². The summed E-state index contributed by atoms with van der Waals surface area (Å²) in [5, 5.41) is 6.66. The van der Waals surface area contributed by atoms with Crippen molar-refractivity contribution in [3.05, 3.63) is 71.3 Å². The van der Waals surface area contributed by atoms with Crippen LogP contribution in [0.25, 0.3) is 0 Å². The number of ketones is 1. The number of rotatable bonds is 3. The fourth-order valence-electron chi connectivity index (χ4n) is 4.06. The van der Waals surface area contributed by atoms with Crippen LogP contribution in [0.1, 0.15) is 46.2 Å². The zero-order valence-electron chi connectivity index (χ0n) is 14.1. The van der Waals surface area contributed by atoms with Gasteiger partial charge in [-0.1, -0.05) is 54.6 Å². The Labute approximate surface area is 147 Å². The van der Waals surface area contributed by atoms with Crippen LogP contribution in [0.5, 0.6) is 0 Å². The molecule has 3 atom stereocenters. The average molecular weight is 334 g/mol. The van der Waals surface area contributed by atoms with E-state index in [1.807, 2.05) is 42.5 Å². The Kier molecular flexibility index (Phi) is 4.36. The van der Waals surface area contributed by atoms with Crippen LogP contribution in [0, 0.1) is 0 Å². The molecule has 128 valence electrons. The minimum Gasteiger partial charge on any atom is -0.352 e. The second-order valence-electron chi connectivity index (χ2n) is 6.89. The predicted molar refractivity (Wildman–Crippen MR) is 96.7 cm³/mol. The highest BCUT2D eigenvalue weighted by atomic mass is 16.2. The number of amides is 1. The van der Waals surface area contributed by atoms with Crippen molar-refractivity contribution in [3.8, 4) is 0 Å². The summed E-state index contributed by atoms with van der Waals surface area (Å²) in [7, 11) is 0. The maximum atomic E-state index is 12.9. The van der Waals surface area contributed by atoms with Gasteiger partial charge in [-0.3, -0.25) is 9.59 Å². The molecule has 0 bridgehead atoms. The lowest BCUT2D eigenvalue weighted by Gasteiger charge is -2.34. The fourth-order valence-corrected chi connectivity index (χ4v) is 4.06. The lowest BCUT2D eigenvalue weighted by molar-refractivity contribution is -0.123. The van der Waals surface area contributed by atoms with Gasteiger partial charge in [0.05, 0.1) is 5.92 Å². The van der Waals surface area contributed by atoms with Gasteiger partial charge in [0, 0.05) is 30.5 Å². The molecule has 2 N–H and O–H groups in total. The number of hydrogen-bond acceptors (Lipinski definition) is 3. The lowest BCUT2D eigenvalue weighted by atomic mass is 9.86. The third kappa shape index (κ3) is 3.10. The summed E-state index contributed by atoms with van der Waals surface area (Å²) in [4.78, 5) is 25.1. The second kappa shape index (κ2) is 6.81. The Morgan fingerprint density at radius 2 is 1.80 bits per heavy atom. The van der Waals surface area contributed by atoms with E-state index >= 15 is 0 Å². The van der Waals surface area contributed by atoms with Gasteiger partial charge >= 0.3 is 0 Å². The van der Waals surface area contributed by atoms with Gasteiger partial charge in [-0.2, -0.15) is 0 Å². The minimum absolute atomic E-state index is 0.0221. The highest BCUT2D eigenvalue weighted by Gasteiger charge is 2.36. The molecule has 2 aliphatic rings. The van der Waals surface area contributed by atoms with E-state index in [4.69, 9.17) is 0 Å². The van der Waals surface area contributed by atoms with Crippen LogP contribution in [0.3, 0.4) is 0 Å². The van der Waals surface area contributed by atoms with Crippen molar-refractivity contribution in [2.45, 2.75) is 30.7 Å². The number of benzene rings is 2. The van der Waals surface area contributed by atoms with Crippen LogP contribution >= 0.6 is 0 Å². The standard InChI is InChI=1S/C21H22N2O2/c24-20-12-17(15-8-4-5-9-16(15)20)21(25)23-19-10-11-22-13-18(19)14-6-2-1-3-7-14/h1-9,17-19,22H,10-13H2,(H,23,25). The van der Waals surface area contributed by atoms with Crippen LogP contribution in [0.2, 0.25) is 0 Å². The van der Waals surface area contributed by atoms with Crippen LogP contribution in [0.15, 0.2) is 54.6 Å². The fraction of sp³-hybridized carbons (Fsp3) is 0.333. The maximum Gasteiger partial charge on any atom is 0.228 e. The minimum atomic E-state index is -0.352. The first kappa shape index (κ1) is 16.0. The monoisotopic (exact) mass is 334 g/mol. The van der Waals surface area contributed by atoms with Gasteiger partial charge in [-0.05, 0) is 24.1 Å². The molecule has 0 spiro atoms. The van der Waals surface area contributed by atoms with E-state index in [0.717, 1.165) is 25.1 Å². The molecule has 1 aliphatic heterocycles. The zero-order chi connectivity index (χ0) is 17.2. The van der Waals surface area contributed by atoms with Crippen molar-refractivity contribution in [1.29, 1.82) is 0 Å². The molecule has 1 saturated heterocycles. The smallest absolute Gasteiger partial charge is 0.228 e. The van der Waals surface area contributed by atoms with E-state index in [-0.39, 0.29) is 36.0 Å². The molecule has 1 fully saturated rings. The Balaban J connectivity index is 1.53. The summed E-state index contributed by atoms with van der Waals surface area (Å²) in [6.07, 6.45) is 1.18. The van der Waals surface area contributed by atoms with Gasteiger partial charge in [-0.25, -0.2) is 0 Å². The summed E-state index contributed by atoms with van der Waals surface area (Å²) in [6.45, 7) is 1.75. The molecular weight excluding hydrogens is 312 g/mol.